The number of amides is 1. The van der Waals surface area contributed by atoms with Crippen LogP contribution >= 0.6 is 15.2 Å². The first-order valence-corrected chi connectivity index (χ1v) is 9.02. The maximum absolute atomic E-state index is 11.0. The van der Waals surface area contributed by atoms with Crippen LogP contribution in [0.15, 0.2) is 0 Å². The Morgan fingerprint density at radius 3 is 2.00 bits per heavy atom. The van der Waals surface area contributed by atoms with Gasteiger partial charge in [-0.2, -0.15) is 0 Å². The first-order valence-electron chi connectivity index (χ1n) is 5.66. The molecule has 19 heavy (non-hydrogen) atoms. The molecule has 0 bridgehead atoms. The third kappa shape index (κ3) is 8.49. The van der Waals surface area contributed by atoms with E-state index in [1.54, 1.807) is 0 Å². The summed E-state index contributed by atoms with van der Waals surface area (Å²) in [6.45, 7) is 0.255. The van der Waals surface area contributed by atoms with E-state index >= 15 is 0 Å². The zero-order valence-corrected chi connectivity index (χ0v) is 12.1. The molecular weight excluding hydrogens is 298 g/mol. The van der Waals surface area contributed by atoms with Gasteiger partial charge in [0.2, 0.25) is 5.91 Å². The summed E-state index contributed by atoms with van der Waals surface area (Å²) in [6, 6.07) is 0. The van der Waals surface area contributed by atoms with Crippen molar-refractivity contribution < 1.29 is 33.5 Å². The number of unbranched alkanes of at least 4 members (excludes halogenated alkanes) is 2. The number of carbonyl (C=O) groups is 1. The van der Waals surface area contributed by atoms with Gasteiger partial charge in [0, 0.05) is 6.54 Å². The van der Waals surface area contributed by atoms with E-state index in [9.17, 15) is 13.9 Å². The average molecular weight is 318 g/mol. The van der Waals surface area contributed by atoms with Crippen LogP contribution in [0.2, 0.25) is 0 Å². The number of hydrogen-bond donors (Lipinski definition) is 6. The van der Waals surface area contributed by atoms with Crippen LogP contribution in [0.4, 0.5) is 0 Å². The molecule has 0 aromatic rings. The lowest BCUT2D eigenvalue weighted by Crippen LogP contribution is -2.30. The second kappa shape index (κ2) is 8.11. The van der Waals surface area contributed by atoms with Crippen LogP contribution in [0.5, 0.6) is 0 Å². The first kappa shape index (κ1) is 18.7. The van der Waals surface area contributed by atoms with Crippen molar-refractivity contribution in [3.05, 3.63) is 0 Å². The maximum Gasteiger partial charge on any atom is 0.340 e. The summed E-state index contributed by atoms with van der Waals surface area (Å²) in [5.41, 5.74) is 5.06. The molecule has 0 spiro atoms. The minimum atomic E-state index is -4.82. The molecule has 114 valence electrons. The fourth-order valence-corrected chi connectivity index (χ4v) is 4.07. The molecule has 9 nitrogen and oxygen atoms in total. The summed E-state index contributed by atoms with van der Waals surface area (Å²) in [5.74, 6) is -0.302. The Morgan fingerprint density at radius 2 is 1.58 bits per heavy atom. The number of nitrogens with two attached hydrogens (primary N) is 1. The highest BCUT2D eigenvalue weighted by molar-refractivity contribution is 7.70. The predicted octanol–water partition coefficient (Wildman–Crippen LogP) is -0.697. The van der Waals surface area contributed by atoms with Crippen molar-refractivity contribution in [2.45, 2.75) is 31.1 Å². The molecule has 0 atom stereocenters. The Labute approximate surface area is 110 Å². The van der Waals surface area contributed by atoms with Crippen molar-refractivity contribution in [3.63, 3.8) is 0 Å². The number of hydrogen-bond acceptors (Lipinski definition) is 4. The van der Waals surface area contributed by atoms with Crippen LogP contribution in [0, 0.1) is 0 Å². The molecule has 0 aliphatic carbocycles. The second-order valence-corrected chi connectivity index (χ2v) is 8.07. The summed E-state index contributed by atoms with van der Waals surface area (Å²) in [4.78, 5) is 46.2. The van der Waals surface area contributed by atoms with E-state index in [0.717, 1.165) is 0 Å². The van der Waals surface area contributed by atoms with Gasteiger partial charge >= 0.3 is 15.2 Å². The molecule has 0 saturated carbocycles. The van der Waals surface area contributed by atoms with Crippen molar-refractivity contribution in [3.8, 4) is 0 Å². The summed E-state index contributed by atoms with van der Waals surface area (Å²) in [7, 11) is -9.65. The molecule has 0 aromatic carbocycles. The monoisotopic (exact) mass is 318 g/mol. The molecule has 7 N–H and O–H groups in total. The van der Waals surface area contributed by atoms with Crippen molar-refractivity contribution >= 4 is 21.1 Å². The second-order valence-electron chi connectivity index (χ2n) is 4.06. The van der Waals surface area contributed by atoms with Crippen LogP contribution in [0.25, 0.3) is 0 Å². The van der Waals surface area contributed by atoms with Gasteiger partial charge in [0.15, 0.2) is 5.40 Å². The van der Waals surface area contributed by atoms with E-state index < -0.39 is 20.6 Å². The fourth-order valence-electron chi connectivity index (χ4n) is 1.46. The van der Waals surface area contributed by atoms with E-state index in [1.165, 1.54) is 0 Å². The molecule has 1 amide bonds. The third-order valence-corrected chi connectivity index (χ3v) is 6.30. The molecule has 0 rings (SSSR count). The van der Waals surface area contributed by atoms with Gasteiger partial charge in [-0.3, -0.25) is 13.9 Å². The summed E-state index contributed by atoms with van der Waals surface area (Å²) in [5, 5.41) is 0.564. The molecule has 0 aromatic heterocycles. The normalized spacial score (nSPS) is 12.7. The van der Waals surface area contributed by atoms with E-state index in [2.05, 4.69) is 5.32 Å². The number of nitrogens with one attached hydrogen (secondary N) is 1. The SMILES string of the molecule is NCC(=O)NCCCCCC(P(=O)(O)O)P(=O)(O)O. The van der Waals surface area contributed by atoms with E-state index in [-0.39, 0.29) is 25.3 Å². The lowest BCUT2D eigenvalue weighted by atomic mass is 10.2. The highest BCUT2D eigenvalue weighted by atomic mass is 31.2. The molecule has 0 radical (unpaired) electrons. The maximum atomic E-state index is 11.0. The van der Waals surface area contributed by atoms with Gasteiger partial charge in [-0.25, -0.2) is 0 Å². The van der Waals surface area contributed by atoms with E-state index in [1.807, 2.05) is 0 Å². The van der Waals surface area contributed by atoms with Gasteiger partial charge in [0.1, 0.15) is 0 Å². The van der Waals surface area contributed by atoms with Gasteiger partial charge in [-0.05, 0) is 12.8 Å². The molecule has 0 aliphatic rings. The largest absolute Gasteiger partial charge is 0.355 e. The molecular formula is C8H20N2O7P2. The van der Waals surface area contributed by atoms with Crippen LogP contribution in [-0.2, 0) is 13.9 Å². The Bertz CT molecular complexity index is 355. The Balaban J connectivity index is 4.00. The van der Waals surface area contributed by atoms with Gasteiger partial charge in [-0.15, -0.1) is 0 Å². The predicted molar refractivity (Wildman–Crippen MR) is 68.4 cm³/mol. The number of carbonyl (C=O) groups excluding carboxylic acids is 1. The highest BCUT2D eigenvalue weighted by Gasteiger charge is 2.42. The van der Waals surface area contributed by atoms with Gasteiger partial charge in [0.25, 0.3) is 0 Å². The molecule has 0 heterocycles. The lowest BCUT2D eigenvalue weighted by Gasteiger charge is -2.19. The van der Waals surface area contributed by atoms with E-state index in [0.29, 0.717) is 19.4 Å². The summed E-state index contributed by atoms with van der Waals surface area (Å²) in [6.07, 6.45) is 1.01. The third-order valence-electron chi connectivity index (χ3n) is 2.42. The van der Waals surface area contributed by atoms with Crippen molar-refractivity contribution in [1.29, 1.82) is 0 Å². The number of rotatable bonds is 9. The van der Waals surface area contributed by atoms with Crippen LogP contribution in [0.3, 0.4) is 0 Å². The van der Waals surface area contributed by atoms with Crippen molar-refractivity contribution in [1.82, 2.24) is 5.32 Å². The van der Waals surface area contributed by atoms with Crippen molar-refractivity contribution in [2.24, 2.45) is 5.73 Å². The average Bonchev–Trinajstić information content (AvgIpc) is 2.23. The quantitative estimate of drug-likeness (QED) is 0.239. The summed E-state index contributed by atoms with van der Waals surface area (Å²) < 4.78 is 21.9. The Kier molecular flexibility index (Phi) is 8.00. The highest BCUT2D eigenvalue weighted by Crippen LogP contribution is 2.61. The smallest absolute Gasteiger partial charge is 0.340 e. The zero-order valence-electron chi connectivity index (χ0n) is 10.3. The van der Waals surface area contributed by atoms with Gasteiger partial charge in [-0.1, -0.05) is 12.8 Å². The molecule has 0 aliphatic heterocycles. The molecule has 0 unspecified atom stereocenters. The van der Waals surface area contributed by atoms with Gasteiger partial charge < -0.3 is 30.6 Å². The van der Waals surface area contributed by atoms with Crippen LogP contribution in [-0.4, -0.2) is 44.0 Å². The first-order chi connectivity index (χ1) is 8.59. The van der Waals surface area contributed by atoms with E-state index in [4.69, 9.17) is 25.3 Å². The van der Waals surface area contributed by atoms with Crippen LogP contribution in [0.1, 0.15) is 25.7 Å². The Morgan fingerprint density at radius 1 is 1.05 bits per heavy atom. The minimum Gasteiger partial charge on any atom is -0.355 e. The minimum absolute atomic E-state index is 0.113. The molecule has 0 saturated heterocycles. The standard InChI is InChI=1S/C8H20N2O7P2/c9-6-7(11)10-5-3-1-2-4-8(18(12,13)14)19(15,16)17/h8H,1-6,9H2,(H,10,11)(H2,12,13,14)(H2,15,16,17). The fraction of sp³-hybridized carbons (Fsp3) is 0.875. The molecule has 0 fully saturated rings. The summed E-state index contributed by atoms with van der Waals surface area (Å²) >= 11 is 0. The van der Waals surface area contributed by atoms with Crippen molar-refractivity contribution in [2.75, 3.05) is 13.1 Å². The topological polar surface area (TPSA) is 170 Å². The zero-order chi connectivity index (χ0) is 15.1. The van der Waals surface area contributed by atoms with Gasteiger partial charge in [0.05, 0.1) is 6.54 Å². The molecule has 11 heteroatoms. The van der Waals surface area contributed by atoms with Crippen LogP contribution < -0.4 is 11.1 Å². The Hall–Kier alpha value is -0.270. The lowest BCUT2D eigenvalue weighted by molar-refractivity contribution is -0.119.